The van der Waals surface area contributed by atoms with Crippen molar-refractivity contribution in [2.45, 2.75) is 12.8 Å². The SMILES string of the molecule is COc1ccc2c(CC(=O)Nc3cccc(N4CCCS4(=O)=O)c3)coc2c1. The summed E-state index contributed by atoms with van der Waals surface area (Å²) < 4.78 is 36.3. The van der Waals surface area contributed by atoms with Gasteiger partial charge < -0.3 is 14.5 Å². The zero-order valence-corrected chi connectivity index (χ0v) is 16.2. The number of hydrogen-bond donors (Lipinski definition) is 1. The monoisotopic (exact) mass is 400 g/mol. The molecule has 0 saturated carbocycles. The van der Waals surface area contributed by atoms with Gasteiger partial charge in [0.2, 0.25) is 15.9 Å². The Balaban J connectivity index is 1.49. The Kier molecular flexibility index (Phi) is 4.72. The number of nitrogens with one attached hydrogen (secondary N) is 1. The molecule has 1 N–H and O–H groups in total. The normalized spacial score (nSPS) is 15.7. The second-order valence-corrected chi connectivity index (χ2v) is 8.65. The number of hydrogen-bond acceptors (Lipinski definition) is 5. The Labute approximate surface area is 162 Å². The van der Waals surface area contributed by atoms with Crippen molar-refractivity contribution in [3.63, 3.8) is 0 Å². The molecule has 1 saturated heterocycles. The molecule has 0 bridgehead atoms. The fourth-order valence-corrected chi connectivity index (χ4v) is 4.93. The van der Waals surface area contributed by atoms with E-state index in [0.717, 1.165) is 10.9 Å². The lowest BCUT2D eigenvalue weighted by Crippen LogP contribution is -2.25. The van der Waals surface area contributed by atoms with Gasteiger partial charge in [0, 0.05) is 29.2 Å². The molecule has 0 radical (unpaired) electrons. The highest BCUT2D eigenvalue weighted by Crippen LogP contribution is 2.28. The molecule has 7 nitrogen and oxygen atoms in total. The van der Waals surface area contributed by atoms with Crippen LogP contribution in [0, 0.1) is 0 Å². The predicted molar refractivity (Wildman–Crippen MR) is 107 cm³/mol. The molecule has 2 aromatic carbocycles. The molecule has 0 spiro atoms. The highest BCUT2D eigenvalue weighted by Gasteiger charge is 2.28. The van der Waals surface area contributed by atoms with Crippen LogP contribution in [0.25, 0.3) is 11.0 Å². The van der Waals surface area contributed by atoms with Crippen molar-refractivity contribution in [3.8, 4) is 5.75 Å². The standard InChI is InChI=1S/C20H20N2O5S/c1-26-17-6-7-18-14(13-27-19(18)12-17)10-20(23)21-15-4-2-5-16(11-15)22-8-3-9-28(22,24)25/h2,4-7,11-13H,3,8-10H2,1H3,(H,21,23). The van der Waals surface area contributed by atoms with Gasteiger partial charge in [-0.05, 0) is 36.8 Å². The maximum Gasteiger partial charge on any atom is 0.235 e. The van der Waals surface area contributed by atoms with Crippen LogP contribution in [0.1, 0.15) is 12.0 Å². The molecule has 146 valence electrons. The number of anilines is 2. The molecule has 0 atom stereocenters. The summed E-state index contributed by atoms with van der Waals surface area (Å²) in [4.78, 5) is 12.5. The second kappa shape index (κ2) is 7.20. The summed E-state index contributed by atoms with van der Waals surface area (Å²) in [5.74, 6) is 0.633. The van der Waals surface area contributed by atoms with Gasteiger partial charge in [0.1, 0.15) is 11.3 Å². The minimum atomic E-state index is -3.26. The summed E-state index contributed by atoms with van der Waals surface area (Å²) in [7, 11) is -1.68. The van der Waals surface area contributed by atoms with Crippen molar-refractivity contribution in [3.05, 3.63) is 54.3 Å². The van der Waals surface area contributed by atoms with Gasteiger partial charge in [0.25, 0.3) is 0 Å². The summed E-state index contributed by atoms with van der Waals surface area (Å²) >= 11 is 0. The van der Waals surface area contributed by atoms with Crippen LogP contribution in [0.15, 0.2) is 53.1 Å². The molecule has 1 aliphatic heterocycles. The van der Waals surface area contributed by atoms with Gasteiger partial charge in [-0.3, -0.25) is 9.10 Å². The summed E-state index contributed by atoms with van der Waals surface area (Å²) in [6.07, 6.45) is 2.32. The Morgan fingerprint density at radius 2 is 2.11 bits per heavy atom. The Hall–Kier alpha value is -3.00. The molecule has 1 aliphatic rings. The van der Waals surface area contributed by atoms with Crippen LogP contribution in [-0.4, -0.2) is 33.7 Å². The number of carbonyl (C=O) groups excluding carboxylic acids is 1. The highest BCUT2D eigenvalue weighted by molar-refractivity contribution is 7.93. The van der Waals surface area contributed by atoms with Crippen molar-refractivity contribution in [1.29, 1.82) is 0 Å². The summed E-state index contributed by atoms with van der Waals surface area (Å²) in [6, 6.07) is 12.3. The van der Waals surface area contributed by atoms with E-state index in [0.29, 0.717) is 35.7 Å². The minimum Gasteiger partial charge on any atom is -0.497 e. The van der Waals surface area contributed by atoms with Crippen molar-refractivity contribution in [2.75, 3.05) is 29.0 Å². The molecule has 8 heteroatoms. The van der Waals surface area contributed by atoms with Gasteiger partial charge in [0.05, 0.1) is 31.2 Å². The topological polar surface area (TPSA) is 88.9 Å². The zero-order valence-electron chi connectivity index (χ0n) is 15.3. The molecule has 0 aliphatic carbocycles. The van der Waals surface area contributed by atoms with E-state index in [1.54, 1.807) is 43.7 Å². The first-order valence-electron chi connectivity index (χ1n) is 8.91. The van der Waals surface area contributed by atoms with Crippen LogP contribution in [-0.2, 0) is 21.2 Å². The maximum absolute atomic E-state index is 12.5. The molecule has 1 amide bonds. The van der Waals surface area contributed by atoms with E-state index in [2.05, 4.69) is 5.32 Å². The number of rotatable bonds is 5. The van der Waals surface area contributed by atoms with E-state index in [9.17, 15) is 13.2 Å². The van der Waals surface area contributed by atoms with Gasteiger partial charge in [-0.15, -0.1) is 0 Å². The van der Waals surface area contributed by atoms with Crippen molar-refractivity contribution in [1.82, 2.24) is 0 Å². The molecule has 28 heavy (non-hydrogen) atoms. The average molecular weight is 400 g/mol. The number of nitrogens with zero attached hydrogens (tertiary/aromatic N) is 1. The minimum absolute atomic E-state index is 0.144. The van der Waals surface area contributed by atoms with Gasteiger partial charge >= 0.3 is 0 Å². The number of furan rings is 1. The smallest absolute Gasteiger partial charge is 0.235 e. The molecule has 1 aromatic heterocycles. The molecule has 2 heterocycles. The van der Waals surface area contributed by atoms with Gasteiger partial charge in [-0.25, -0.2) is 8.42 Å². The molecule has 0 unspecified atom stereocenters. The van der Waals surface area contributed by atoms with Gasteiger partial charge in [-0.2, -0.15) is 0 Å². The van der Waals surface area contributed by atoms with Crippen molar-refractivity contribution < 1.29 is 22.4 Å². The number of sulfonamides is 1. The fraction of sp³-hybridized carbons (Fsp3) is 0.250. The molecule has 4 rings (SSSR count). The molecular weight excluding hydrogens is 380 g/mol. The van der Waals surface area contributed by atoms with Crippen molar-refractivity contribution in [2.24, 2.45) is 0 Å². The number of fused-ring (bicyclic) bond motifs is 1. The number of methoxy groups -OCH3 is 1. The maximum atomic E-state index is 12.5. The fourth-order valence-electron chi connectivity index (χ4n) is 3.37. The lowest BCUT2D eigenvalue weighted by molar-refractivity contribution is -0.115. The van der Waals surface area contributed by atoms with E-state index in [4.69, 9.17) is 9.15 Å². The average Bonchev–Trinajstić information content (AvgIpc) is 3.23. The van der Waals surface area contributed by atoms with Crippen LogP contribution in [0.3, 0.4) is 0 Å². The van der Waals surface area contributed by atoms with E-state index in [-0.39, 0.29) is 18.1 Å². The second-order valence-electron chi connectivity index (χ2n) is 6.64. The Morgan fingerprint density at radius 3 is 2.86 bits per heavy atom. The van der Waals surface area contributed by atoms with Crippen LogP contribution in [0.5, 0.6) is 5.75 Å². The first kappa shape index (κ1) is 18.4. The number of carbonyl (C=O) groups is 1. The first-order chi connectivity index (χ1) is 13.5. The molecule has 3 aromatic rings. The number of benzene rings is 2. The van der Waals surface area contributed by atoms with E-state index < -0.39 is 10.0 Å². The number of ether oxygens (including phenoxy) is 1. The van der Waals surface area contributed by atoms with Gasteiger partial charge in [0.15, 0.2) is 0 Å². The van der Waals surface area contributed by atoms with Crippen LogP contribution in [0.4, 0.5) is 11.4 Å². The summed E-state index contributed by atoms with van der Waals surface area (Å²) in [5, 5.41) is 3.69. The van der Waals surface area contributed by atoms with Gasteiger partial charge in [-0.1, -0.05) is 6.07 Å². The van der Waals surface area contributed by atoms with E-state index in [1.807, 2.05) is 12.1 Å². The Bertz CT molecular complexity index is 1140. The first-order valence-corrected chi connectivity index (χ1v) is 10.5. The third kappa shape index (κ3) is 3.55. The van der Waals surface area contributed by atoms with Crippen LogP contribution >= 0.6 is 0 Å². The van der Waals surface area contributed by atoms with E-state index in [1.165, 1.54) is 4.31 Å². The molecule has 1 fully saturated rings. The Morgan fingerprint density at radius 1 is 1.25 bits per heavy atom. The zero-order chi connectivity index (χ0) is 19.7. The van der Waals surface area contributed by atoms with Crippen LogP contribution in [0.2, 0.25) is 0 Å². The highest BCUT2D eigenvalue weighted by atomic mass is 32.2. The third-order valence-corrected chi connectivity index (χ3v) is 6.60. The molecular formula is C20H20N2O5S. The van der Waals surface area contributed by atoms with Crippen LogP contribution < -0.4 is 14.4 Å². The summed E-state index contributed by atoms with van der Waals surface area (Å²) in [5.41, 5.74) is 2.55. The summed E-state index contributed by atoms with van der Waals surface area (Å²) in [6.45, 7) is 0.463. The largest absolute Gasteiger partial charge is 0.497 e. The van der Waals surface area contributed by atoms with Crippen molar-refractivity contribution >= 4 is 38.3 Å². The third-order valence-electron chi connectivity index (χ3n) is 4.73. The van der Waals surface area contributed by atoms with E-state index >= 15 is 0 Å². The lowest BCUT2D eigenvalue weighted by atomic mass is 10.1. The quantitative estimate of drug-likeness (QED) is 0.711. The predicted octanol–water partition coefficient (Wildman–Crippen LogP) is 3.16. The number of amides is 1. The lowest BCUT2D eigenvalue weighted by Gasteiger charge is -2.17.